The highest BCUT2D eigenvalue weighted by Crippen LogP contribution is 2.36. The molecule has 2 atom stereocenters. The van der Waals surface area contributed by atoms with E-state index in [4.69, 9.17) is 14.7 Å². The van der Waals surface area contributed by atoms with Crippen LogP contribution in [0.1, 0.15) is 68.2 Å². The number of aromatic nitrogens is 2. The number of carbonyl (C=O) groups is 2. The zero-order valence-corrected chi connectivity index (χ0v) is 20.2. The summed E-state index contributed by atoms with van der Waals surface area (Å²) in [5.41, 5.74) is 5.31. The van der Waals surface area contributed by atoms with Gasteiger partial charge in [-0.2, -0.15) is 0 Å². The minimum Gasteiger partial charge on any atom is -0.377 e. The van der Waals surface area contributed by atoms with E-state index in [1.165, 1.54) is 4.90 Å². The number of ether oxygens (including phenoxy) is 1. The van der Waals surface area contributed by atoms with Crippen LogP contribution in [0.25, 0.3) is 0 Å². The van der Waals surface area contributed by atoms with E-state index in [1.54, 1.807) is 24.3 Å². The molecule has 5 rings (SSSR count). The van der Waals surface area contributed by atoms with Crippen molar-refractivity contribution < 1.29 is 14.3 Å². The van der Waals surface area contributed by atoms with E-state index in [0.29, 0.717) is 30.9 Å². The summed E-state index contributed by atoms with van der Waals surface area (Å²) in [6, 6.07) is 15.1. The predicted molar refractivity (Wildman–Crippen MR) is 132 cm³/mol. The van der Waals surface area contributed by atoms with Crippen LogP contribution >= 0.6 is 0 Å². The first-order chi connectivity index (χ1) is 17.1. The van der Waals surface area contributed by atoms with E-state index >= 15 is 0 Å². The lowest BCUT2D eigenvalue weighted by atomic mass is 9.99. The summed E-state index contributed by atoms with van der Waals surface area (Å²) in [5.74, 6) is -0.387. The van der Waals surface area contributed by atoms with E-state index < -0.39 is 0 Å². The van der Waals surface area contributed by atoms with Crippen LogP contribution in [0.15, 0.2) is 60.9 Å². The first-order valence-corrected chi connectivity index (χ1v) is 12.2. The Balaban J connectivity index is 1.32. The van der Waals surface area contributed by atoms with E-state index in [0.717, 1.165) is 41.9 Å². The standard InChI is InChI=1S/C28H30N4O3/c1-19-9-7-13-29-25(19)23-17-35-18-24(26-20(2)10-8-14-30-26)31(23)15-5-6-16-32-27(33)21-11-3-4-12-22(21)28(32)34/h3-4,7-14,23-24H,5-6,15-18H2,1-2H3/t23-,24+. The van der Waals surface area contributed by atoms with Gasteiger partial charge < -0.3 is 4.74 Å². The topological polar surface area (TPSA) is 75.6 Å². The maximum absolute atomic E-state index is 12.7. The van der Waals surface area contributed by atoms with Crippen molar-refractivity contribution in [3.63, 3.8) is 0 Å². The van der Waals surface area contributed by atoms with Crippen LogP contribution in [-0.4, -0.2) is 57.9 Å². The van der Waals surface area contributed by atoms with Crippen LogP contribution in [0, 0.1) is 13.8 Å². The van der Waals surface area contributed by atoms with E-state index in [9.17, 15) is 9.59 Å². The predicted octanol–water partition coefficient (Wildman–Crippen LogP) is 4.28. The average molecular weight is 471 g/mol. The summed E-state index contributed by atoms with van der Waals surface area (Å²) in [6.45, 7) is 6.50. The van der Waals surface area contributed by atoms with Crippen LogP contribution in [0.5, 0.6) is 0 Å². The molecule has 7 nitrogen and oxygen atoms in total. The van der Waals surface area contributed by atoms with Crippen molar-refractivity contribution in [1.29, 1.82) is 0 Å². The molecule has 1 fully saturated rings. The maximum Gasteiger partial charge on any atom is 0.261 e. The van der Waals surface area contributed by atoms with Crippen LogP contribution in [0.4, 0.5) is 0 Å². The molecule has 7 heteroatoms. The summed E-state index contributed by atoms with van der Waals surface area (Å²) in [6.07, 6.45) is 5.22. The molecule has 0 unspecified atom stereocenters. The fraction of sp³-hybridized carbons (Fsp3) is 0.357. The SMILES string of the molecule is Cc1cccnc1[C@H]1COC[C@@H](c2ncccc2C)N1CCCCN1C(=O)c2ccccc2C1=O. The number of amides is 2. The molecule has 2 aliphatic heterocycles. The Morgan fingerprint density at radius 1 is 0.771 bits per heavy atom. The number of imide groups is 1. The lowest BCUT2D eigenvalue weighted by Crippen LogP contribution is -2.44. The Morgan fingerprint density at radius 2 is 1.29 bits per heavy atom. The third kappa shape index (κ3) is 4.49. The number of hydrogen-bond acceptors (Lipinski definition) is 6. The second-order valence-electron chi connectivity index (χ2n) is 9.23. The van der Waals surface area contributed by atoms with E-state index in [2.05, 4.69) is 30.9 Å². The van der Waals surface area contributed by atoms with Gasteiger partial charge in [-0.15, -0.1) is 0 Å². The van der Waals surface area contributed by atoms with Gasteiger partial charge in [0.15, 0.2) is 0 Å². The summed E-state index contributed by atoms with van der Waals surface area (Å²) >= 11 is 0. The van der Waals surface area contributed by atoms with Crippen molar-refractivity contribution in [3.05, 3.63) is 94.6 Å². The minimum atomic E-state index is -0.194. The van der Waals surface area contributed by atoms with Crippen molar-refractivity contribution in [2.24, 2.45) is 0 Å². The Hall–Kier alpha value is -3.42. The van der Waals surface area contributed by atoms with Gasteiger partial charge in [0.05, 0.1) is 47.8 Å². The van der Waals surface area contributed by atoms with Gasteiger partial charge >= 0.3 is 0 Å². The number of pyridine rings is 2. The van der Waals surface area contributed by atoms with Gasteiger partial charge in [-0.05, 0) is 68.6 Å². The van der Waals surface area contributed by atoms with Gasteiger partial charge in [-0.25, -0.2) is 0 Å². The third-order valence-electron chi connectivity index (χ3n) is 7.01. The fourth-order valence-corrected chi connectivity index (χ4v) is 5.18. The Bertz CT molecular complexity index is 1160. The lowest BCUT2D eigenvalue weighted by Gasteiger charge is -2.42. The number of morpholine rings is 1. The summed E-state index contributed by atoms with van der Waals surface area (Å²) in [4.78, 5) is 38.6. The van der Waals surface area contributed by atoms with Gasteiger partial charge in [-0.1, -0.05) is 24.3 Å². The molecular formula is C28H30N4O3. The van der Waals surface area contributed by atoms with Crippen molar-refractivity contribution >= 4 is 11.8 Å². The monoisotopic (exact) mass is 470 g/mol. The zero-order valence-electron chi connectivity index (χ0n) is 20.2. The third-order valence-corrected chi connectivity index (χ3v) is 7.01. The van der Waals surface area contributed by atoms with Crippen molar-refractivity contribution in [1.82, 2.24) is 19.8 Å². The molecule has 0 bridgehead atoms. The fourth-order valence-electron chi connectivity index (χ4n) is 5.18. The number of fused-ring (bicyclic) bond motifs is 1. The molecule has 4 heterocycles. The number of carbonyl (C=O) groups excluding carboxylic acids is 2. The maximum atomic E-state index is 12.7. The quantitative estimate of drug-likeness (QED) is 0.379. The molecule has 0 saturated carbocycles. The van der Waals surface area contributed by atoms with Crippen molar-refractivity contribution in [2.45, 2.75) is 38.8 Å². The highest BCUT2D eigenvalue weighted by atomic mass is 16.5. The second kappa shape index (κ2) is 10.1. The first-order valence-electron chi connectivity index (χ1n) is 12.2. The number of benzene rings is 1. The smallest absolute Gasteiger partial charge is 0.261 e. The summed E-state index contributed by atoms with van der Waals surface area (Å²) < 4.78 is 6.08. The molecule has 2 aliphatic rings. The largest absolute Gasteiger partial charge is 0.377 e. The van der Waals surface area contributed by atoms with Crippen molar-refractivity contribution in [3.8, 4) is 0 Å². The Morgan fingerprint density at radius 3 is 1.80 bits per heavy atom. The molecule has 3 aromatic rings. The molecule has 2 aromatic heterocycles. The highest BCUT2D eigenvalue weighted by molar-refractivity contribution is 6.21. The second-order valence-corrected chi connectivity index (χ2v) is 9.23. The summed E-state index contributed by atoms with van der Waals surface area (Å²) in [5, 5.41) is 0. The number of aryl methyl sites for hydroxylation is 2. The number of nitrogens with zero attached hydrogens (tertiary/aromatic N) is 4. The molecule has 1 saturated heterocycles. The number of hydrogen-bond donors (Lipinski definition) is 0. The first kappa shape index (κ1) is 23.3. The van der Waals surface area contributed by atoms with Crippen LogP contribution in [0.2, 0.25) is 0 Å². The highest BCUT2D eigenvalue weighted by Gasteiger charge is 2.37. The normalized spacial score (nSPS) is 20.3. The Kier molecular flexibility index (Phi) is 6.70. The molecule has 0 radical (unpaired) electrons. The Labute approximate surface area is 205 Å². The van der Waals surface area contributed by atoms with Crippen LogP contribution in [-0.2, 0) is 4.74 Å². The average Bonchev–Trinajstić information content (AvgIpc) is 3.12. The lowest BCUT2D eigenvalue weighted by molar-refractivity contribution is -0.0562. The zero-order chi connectivity index (χ0) is 24.4. The van der Waals surface area contributed by atoms with E-state index in [-0.39, 0.29) is 23.9 Å². The molecule has 180 valence electrons. The molecule has 0 aliphatic carbocycles. The number of rotatable bonds is 7. The summed E-state index contributed by atoms with van der Waals surface area (Å²) in [7, 11) is 0. The number of unbranched alkanes of at least 4 members (excludes halogenated alkanes) is 1. The van der Waals surface area contributed by atoms with Gasteiger partial charge in [0, 0.05) is 18.9 Å². The van der Waals surface area contributed by atoms with E-state index in [1.807, 2.05) is 24.5 Å². The van der Waals surface area contributed by atoms with Crippen LogP contribution < -0.4 is 0 Å². The van der Waals surface area contributed by atoms with Gasteiger partial charge in [0.25, 0.3) is 11.8 Å². The molecule has 1 aromatic carbocycles. The minimum absolute atomic E-state index is 0.00987. The van der Waals surface area contributed by atoms with Crippen LogP contribution in [0.3, 0.4) is 0 Å². The van der Waals surface area contributed by atoms with Gasteiger partial charge in [0.1, 0.15) is 0 Å². The van der Waals surface area contributed by atoms with Crippen molar-refractivity contribution in [2.75, 3.05) is 26.3 Å². The molecule has 2 amide bonds. The molecular weight excluding hydrogens is 440 g/mol. The van der Waals surface area contributed by atoms with Gasteiger partial charge in [-0.3, -0.25) is 29.4 Å². The molecule has 0 N–H and O–H groups in total. The van der Waals surface area contributed by atoms with Gasteiger partial charge in [0.2, 0.25) is 0 Å². The molecule has 35 heavy (non-hydrogen) atoms. The molecule has 0 spiro atoms.